The first-order chi connectivity index (χ1) is 12.2. The number of aromatic amines is 1. The van der Waals surface area contributed by atoms with Crippen molar-refractivity contribution in [3.63, 3.8) is 0 Å². The van der Waals surface area contributed by atoms with Crippen molar-refractivity contribution in [1.29, 1.82) is 0 Å². The fourth-order valence-corrected chi connectivity index (χ4v) is 3.48. The van der Waals surface area contributed by atoms with E-state index < -0.39 is 0 Å². The summed E-state index contributed by atoms with van der Waals surface area (Å²) in [5.41, 5.74) is 2.32. The minimum atomic E-state index is -0.109. The third kappa shape index (κ3) is 2.91. The average molecular weight is 339 g/mol. The number of likely N-dealkylation sites (N-methyl/N-ethyl adjacent to an activating group) is 1. The number of methoxy groups -OCH3 is 1. The minimum Gasteiger partial charge on any atom is -0.379 e. The summed E-state index contributed by atoms with van der Waals surface area (Å²) < 4.78 is 5.51. The molecule has 1 saturated carbocycles. The Hall–Kier alpha value is -2.67. The molecule has 1 aliphatic heterocycles. The Bertz CT molecular complexity index is 869. The van der Waals surface area contributed by atoms with E-state index in [1.54, 1.807) is 25.3 Å². The molecule has 2 heterocycles. The molecule has 4 rings (SSSR count). The molecule has 130 valence electrons. The van der Waals surface area contributed by atoms with Crippen LogP contribution in [0.1, 0.15) is 24.8 Å². The van der Waals surface area contributed by atoms with E-state index >= 15 is 0 Å². The van der Waals surface area contributed by atoms with Gasteiger partial charge in [0.25, 0.3) is 5.91 Å². The Morgan fingerprint density at radius 1 is 1.40 bits per heavy atom. The van der Waals surface area contributed by atoms with Crippen LogP contribution in [0, 0.1) is 0 Å². The molecule has 0 bridgehead atoms. The number of benzene rings is 1. The Kier molecular flexibility index (Phi) is 4.01. The summed E-state index contributed by atoms with van der Waals surface area (Å²) in [6, 6.07) is 6.07. The van der Waals surface area contributed by atoms with E-state index in [2.05, 4.69) is 20.5 Å². The average Bonchev–Trinajstić information content (AvgIpc) is 3.32. The Labute approximate surface area is 145 Å². The smallest absolute Gasteiger partial charge is 0.279 e. The van der Waals surface area contributed by atoms with Gasteiger partial charge in [-0.25, -0.2) is 4.99 Å². The normalized spacial score (nSPS) is 25.2. The summed E-state index contributed by atoms with van der Waals surface area (Å²) in [5, 5.41) is 11.3. The third-order valence-electron chi connectivity index (χ3n) is 4.91. The summed E-state index contributed by atoms with van der Waals surface area (Å²) in [6.07, 6.45) is 6.92. The van der Waals surface area contributed by atoms with E-state index in [9.17, 15) is 4.79 Å². The van der Waals surface area contributed by atoms with Crippen LogP contribution in [0.4, 0.5) is 0 Å². The van der Waals surface area contributed by atoms with Gasteiger partial charge in [-0.15, -0.1) is 0 Å². The molecule has 2 atom stereocenters. The lowest BCUT2D eigenvalue weighted by Crippen LogP contribution is -2.46. The molecule has 0 unspecified atom stereocenters. The number of ether oxygens (including phenoxy) is 1. The standard InChI is InChI=1S/C18H21N5O2/c1-23-17(24)15(9-11-6-7-13-12(8-11)10-19-22-13)21-18(23)20-14-4-3-5-16(14)25-2/h6-10,14,16H,3-5H2,1-2H3,(H,19,22)(H,20,21)/b15-9-/t14-,16-/m1/s1. The summed E-state index contributed by atoms with van der Waals surface area (Å²) >= 11 is 0. The number of aromatic nitrogens is 2. The van der Waals surface area contributed by atoms with Crippen molar-refractivity contribution < 1.29 is 9.53 Å². The fraction of sp³-hybridized carbons (Fsp3) is 0.389. The molecule has 1 aliphatic carbocycles. The molecule has 1 aromatic carbocycles. The molecule has 0 spiro atoms. The van der Waals surface area contributed by atoms with Gasteiger partial charge in [-0.1, -0.05) is 6.07 Å². The second-order valence-corrected chi connectivity index (χ2v) is 6.50. The van der Waals surface area contributed by atoms with Gasteiger partial charge in [0.05, 0.1) is 23.9 Å². The maximum absolute atomic E-state index is 12.5. The van der Waals surface area contributed by atoms with Crippen LogP contribution in [-0.4, -0.2) is 53.3 Å². The zero-order valence-electron chi connectivity index (χ0n) is 14.3. The topological polar surface area (TPSA) is 82.6 Å². The Morgan fingerprint density at radius 3 is 3.12 bits per heavy atom. The van der Waals surface area contributed by atoms with Crippen molar-refractivity contribution in [2.75, 3.05) is 14.2 Å². The molecule has 2 aliphatic rings. The summed E-state index contributed by atoms with van der Waals surface area (Å²) in [5.74, 6) is 0.483. The largest absolute Gasteiger partial charge is 0.379 e. The van der Waals surface area contributed by atoms with Crippen LogP contribution in [-0.2, 0) is 9.53 Å². The number of H-pyrrole nitrogens is 1. The van der Waals surface area contributed by atoms with Gasteiger partial charge in [0, 0.05) is 19.5 Å². The highest BCUT2D eigenvalue weighted by Gasteiger charge is 2.33. The number of aliphatic imine (C=N–C) groups is 1. The van der Waals surface area contributed by atoms with Crippen molar-refractivity contribution in [3.8, 4) is 0 Å². The molecule has 7 nitrogen and oxygen atoms in total. The quantitative estimate of drug-likeness (QED) is 0.837. The summed E-state index contributed by atoms with van der Waals surface area (Å²) in [6.45, 7) is 0. The maximum Gasteiger partial charge on any atom is 0.279 e. The second kappa shape index (κ2) is 6.33. The number of nitrogens with one attached hydrogen (secondary N) is 2. The van der Waals surface area contributed by atoms with Gasteiger partial charge >= 0.3 is 0 Å². The number of carbonyl (C=O) groups is 1. The van der Waals surface area contributed by atoms with Crippen LogP contribution < -0.4 is 5.32 Å². The van der Waals surface area contributed by atoms with Crippen molar-refractivity contribution in [3.05, 3.63) is 35.7 Å². The van der Waals surface area contributed by atoms with Gasteiger partial charge in [-0.2, -0.15) is 5.10 Å². The number of rotatable bonds is 3. The number of carbonyl (C=O) groups excluding carboxylic acids is 1. The fourth-order valence-electron chi connectivity index (χ4n) is 3.48. The first kappa shape index (κ1) is 15.8. The number of hydrogen-bond donors (Lipinski definition) is 2. The molecule has 1 fully saturated rings. The molecular formula is C18H21N5O2. The molecule has 0 saturated heterocycles. The van der Waals surface area contributed by atoms with Crippen LogP contribution >= 0.6 is 0 Å². The number of hydrogen-bond acceptors (Lipinski definition) is 5. The van der Waals surface area contributed by atoms with Gasteiger partial charge in [0.2, 0.25) is 5.96 Å². The lowest BCUT2D eigenvalue weighted by atomic mass is 10.1. The van der Waals surface area contributed by atoms with Gasteiger partial charge < -0.3 is 10.1 Å². The first-order valence-corrected chi connectivity index (χ1v) is 8.46. The molecule has 1 aromatic heterocycles. The van der Waals surface area contributed by atoms with Crippen molar-refractivity contribution in [2.24, 2.45) is 4.99 Å². The van der Waals surface area contributed by atoms with E-state index in [-0.39, 0.29) is 18.1 Å². The predicted octanol–water partition coefficient (Wildman–Crippen LogP) is 1.89. The molecule has 25 heavy (non-hydrogen) atoms. The van der Waals surface area contributed by atoms with Crippen LogP contribution in [0.25, 0.3) is 17.0 Å². The Balaban J connectivity index is 1.58. The number of nitrogens with zero attached hydrogens (tertiary/aromatic N) is 3. The van der Waals surface area contributed by atoms with Crippen LogP contribution in [0.2, 0.25) is 0 Å². The zero-order chi connectivity index (χ0) is 17.4. The van der Waals surface area contributed by atoms with E-state index in [4.69, 9.17) is 4.74 Å². The van der Waals surface area contributed by atoms with E-state index in [1.165, 1.54) is 0 Å². The molecule has 2 aromatic rings. The first-order valence-electron chi connectivity index (χ1n) is 8.46. The van der Waals surface area contributed by atoms with Crippen molar-refractivity contribution in [1.82, 2.24) is 20.4 Å². The number of fused-ring (bicyclic) bond motifs is 1. The van der Waals surface area contributed by atoms with Gasteiger partial charge in [0.15, 0.2) is 0 Å². The Morgan fingerprint density at radius 2 is 2.28 bits per heavy atom. The van der Waals surface area contributed by atoms with Crippen molar-refractivity contribution >= 4 is 28.8 Å². The number of amides is 1. The lowest BCUT2D eigenvalue weighted by molar-refractivity contribution is -0.121. The number of guanidine groups is 1. The molecule has 1 amide bonds. The molecule has 0 radical (unpaired) electrons. The van der Waals surface area contributed by atoms with Crippen LogP contribution in [0.5, 0.6) is 0 Å². The molecule has 2 N–H and O–H groups in total. The molecule has 7 heteroatoms. The highest BCUT2D eigenvalue weighted by molar-refractivity contribution is 6.13. The van der Waals surface area contributed by atoms with Gasteiger partial charge in [0.1, 0.15) is 5.70 Å². The third-order valence-corrected chi connectivity index (χ3v) is 4.91. The van der Waals surface area contributed by atoms with Gasteiger partial charge in [-0.05, 0) is 43.0 Å². The van der Waals surface area contributed by atoms with Crippen LogP contribution in [0.3, 0.4) is 0 Å². The second-order valence-electron chi connectivity index (χ2n) is 6.50. The summed E-state index contributed by atoms with van der Waals surface area (Å²) in [7, 11) is 3.47. The van der Waals surface area contributed by atoms with Crippen LogP contribution in [0.15, 0.2) is 35.1 Å². The predicted molar refractivity (Wildman–Crippen MR) is 95.8 cm³/mol. The van der Waals surface area contributed by atoms with Crippen molar-refractivity contribution in [2.45, 2.75) is 31.4 Å². The highest BCUT2D eigenvalue weighted by Crippen LogP contribution is 2.24. The molecular weight excluding hydrogens is 318 g/mol. The minimum absolute atomic E-state index is 0.109. The van der Waals surface area contributed by atoms with E-state index in [0.717, 1.165) is 35.7 Å². The monoisotopic (exact) mass is 339 g/mol. The summed E-state index contributed by atoms with van der Waals surface area (Å²) in [4.78, 5) is 18.6. The van der Waals surface area contributed by atoms with Gasteiger partial charge in [-0.3, -0.25) is 14.8 Å². The SMILES string of the molecule is CO[C@@H]1CCC[C@H]1NC1=N/C(=C\c2ccc3[nH]ncc3c2)C(=O)N1C. The zero-order valence-corrected chi connectivity index (χ0v) is 14.3. The lowest BCUT2D eigenvalue weighted by Gasteiger charge is -2.22. The van der Waals surface area contributed by atoms with E-state index in [1.807, 2.05) is 24.3 Å². The maximum atomic E-state index is 12.5. The highest BCUT2D eigenvalue weighted by atomic mass is 16.5. The van der Waals surface area contributed by atoms with E-state index in [0.29, 0.717) is 11.7 Å².